The molecule has 0 spiro atoms. The highest BCUT2D eigenvalue weighted by Crippen LogP contribution is 2.41. The molecule has 1 N–H and O–H groups in total. The molecule has 0 radical (unpaired) electrons. The number of hydrogen-bond donors (Lipinski definition) is 1. The van der Waals surface area contributed by atoms with Crippen LogP contribution >= 0.6 is 0 Å². The fourth-order valence-corrected chi connectivity index (χ4v) is 2.90. The number of rotatable bonds is 4. The van der Waals surface area contributed by atoms with E-state index in [1.807, 2.05) is 6.92 Å². The Hall–Kier alpha value is -1.10. The molecule has 0 bridgehead atoms. The molecule has 5 heteroatoms. The number of nitrogens with one attached hydrogen (secondary N) is 1. The lowest BCUT2D eigenvalue weighted by atomic mass is 9.79. The van der Waals surface area contributed by atoms with E-state index in [2.05, 4.69) is 5.32 Å². The average molecular weight is 289 g/mol. The molecule has 1 fully saturated rings. The molecule has 0 aromatic heterocycles. The highest BCUT2D eigenvalue weighted by molar-refractivity contribution is 5.23. The largest absolute Gasteiger partial charge is 0.310 e. The van der Waals surface area contributed by atoms with Crippen LogP contribution < -0.4 is 5.32 Å². The zero-order chi connectivity index (χ0) is 14.8. The summed E-state index contributed by atoms with van der Waals surface area (Å²) in [6.07, 6.45) is 0.272. The molecule has 0 saturated heterocycles. The Kier molecular flexibility index (Phi) is 4.68. The van der Waals surface area contributed by atoms with Crippen molar-refractivity contribution in [3.8, 4) is 0 Å². The van der Waals surface area contributed by atoms with E-state index >= 15 is 0 Å². The molecule has 0 amide bonds. The van der Waals surface area contributed by atoms with Gasteiger partial charge in [0.05, 0.1) is 0 Å². The predicted molar refractivity (Wildman–Crippen MR) is 69.7 cm³/mol. The van der Waals surface area contributed by atoms with Crippen molar-refractivity contribution in [2.24, 2.45) is 5.92 Å². The van der Waals surface area contributed by atoms with Gasteiger partial charge >= 0.3 is 0 Å². The van der Waals surface area contributed by atoms with Crippen molar-refractivity contribution in [1.29, 1.82) is 0 Å². The SMILES string of the molecule is CCNC(c1cc(F)ccc1F)C1CCC(F)(F)CC1. The van der Waals surface area contributed by atoms with Crippen LogP contribution in [0.25, 0.3) is 0 Å². The third-order valence-corrected chi connectivity index (χ3v) is 3.95. The standard InChI is InChI=1S/C15H19F4N/c1-2-20-14(10-5-7-15(18,19)8-6-10)12-9-11(16)3-4-13(12)17/h3-4,9-10,14,20H,2,5-8H2,1H3. The van der Waals surface area contributed by atoms with Gasteiger partial charge in [-0.2, -0.15) is 0 Å². The monoisotopic (exact) mass is 289 g/mol. The Balaban J connectivity index is 2.21. The average Bonchev–Trinajstić information content (AvgIpc) is 2.40. The quantitative estimate of drug-likeness (QED) is 0.808. The molecular formula is C15H19F4N. The van der Waals surface area contributed by atoms with Crippen molar-refractivity contribution in [2.75, 3.05) is 6.54 Å². The second kappa shape index (κ2) is 6.12. The van der Waals surface area contributed by atoms with Crippen molar-refractivity contribution in [1.82, 2.24) is 5.32 Å². The van der Waals surface area contributed by atoms with E-state index in [1.54, 1.807) is 0 Å². The van der Waals surface area contributed by atoms with E-state index in [0.717, 1.165) is 18.2 Å². The summed E-state index contributed by atoms with van der Waals surface area (Å²) >= 11 is 0. The van der Waals surface area contributed by atoms with Crippen molar-refractivity contribution in [3.63, 3.8) is 0 Å². The van der Waals surface area contributed by atoms with Crippen molar-refractivity contribution in [2.45, 2.75) is 44.6 Å². The molecule has 112 valence electrons. The van der Waals surface area contributed by atoms with Crippen LogP contribution in [0.2, 0.25) is 0 Å². The minimum Gasteiger partial charge on any atom is -0.310 e. The minimum absolute atomic E-state index is 0.0918. The molecule has 2 rings (SSSR count). The van der Waals surface area contributed by atoms with E-state index in [4.69, 9.17) is 0 Å². The van der Waals surface area contributed by atoms with E-state index < -0.39 is 23.6 Å². The van der Waals surface area contributed by atoms with E-state index in [-0.39, 0.29) is 24.3 Å². The first-order valence-corrected chi connectivity index (χ1v) is 6.99. The number of halogens is 4. The highest BCUT2D eigenvalue weighted by Gasteiger charge is 2.38. The van der Waals surface area contributed by atoms with Crippen LogP contribution in [-0.2, 0) is 0 Å². The van der Waals surface area contributed by atoms with Gasteiger partial charge in [-0.05, 0) is 43.5 Å². The lowest BCUT2D eigenvalue weighted by molar-refractivity contribution is -0.0498. The van der Waals surface area contributed by atoms with Gasteiger partial charge in [-0.3, -0.25) is 0 Å². The molecule has 1 atom stereocenters. The van der Waals surface area contributed by atoms with Crippen LogP contribution in [0.5, 0.6) is 0 Å². The third-order valence-electron chi connectivity index (χ3n) is 3.95. The summed E-state index contributed by atoms with van der Waals surface area (Å²) in [6.45, 7) is 2.44. The lowest BCUT2D eigenvalue weighted by Crippen LogP contribution is -2.34. The summed E-state index contributed by atoms with van der Waals surface area (Å²) in [5.41, 5.74) is 0.238. The summed E-state index contributed by atoms with van der Waals surface area (Å²) in [5, 5.41) is 3.11. The number of alkyl halides is 2. The zero-order valence-corrected chi connectivity index (χ0v) is 11.4. The maximum atomic E-state index is 13.9. The van der Waals surface area contributed by atoms with Gasteiger partial charge in [0.1, 0.15) is 11.6 Å². The maximum Gasteiger partial charge on any atom is 0.248 e. The van der Waals surface area contributed by atoms with Gasteiger partial charge < -0.3 is 5.32 Å². The number of benzene rings is 1. The molecule has 1 aliphatic rings. The van der Waals surface area contributed by atoms with Crippen LogP contribution in [0.1, 0.15) is 44.2 Å². The smallest absolute Gasteiger partial charge is 0.248 e. The van der Waals surface area contributed by atoms with Crippen molar-refractivity contribution >= 4 is 0 Å². The van der Waals surface area contributed by atoms with Crippen LogP contribution in [0.3, 0.4) is 0 Å². The van der Waals surface area contributed by atoms with Gasteiger partial charge in [0.15, 0.2) is 0 Å². The Morgan fingerprint density at radius 2 is 1.90 bits per heavy atom. The Bertz CT molecular complexity index is 451. The zero-order valence-electron chi connectivity index (χ0n) is 11.4. The second-order valence-corrected chi connectivity index (χ2v) is 5.39. The third kappa shape index (κ3) is 3.51. The van der Waals surface area contributed by atoms with Gasteiger partial charge in [-0.15, -0.1) is 0 Å². The molecule has 1 unspecified atom stereocenters. The van der Waals surface area contributed by atoms with Crippen LogP contribution in [0.15, 0.2) is 18.2 Å². The summed E-state index contributed by atoms with van der Waals surface area (Å²) < 4.78 is 53.7. The first-order valence-electron chi connectivity index (χ1n) is 6.99. The number of hydrogen-bond acceptors (Lipinski definition) is 1. The van der Waals surface area contributed by atoms with Gasteiger partial charge in [-0.1, -0.05) is 6.92 Å². The molecular weight excluding hydrogens is 270 g/mol. The van der Waals surface area contributed by atoms with E-state index in [9.17, 15) is 17.6 Å². The predicted octanol–water partition coefficient (Wildman–Crippen LogP) is 4.44. The van der Waals surface area contributed by atoms with Gasteiger partial charge in [0.2, 0.25) is 5.92 Å². The first-order chi connectivity index (χ1) is 9.43. The summed E-state index contributed by atoms with van der Waals surface area (Å²) in [7, 11) is 0. The van der Waals surface area contributed by atoms with Crippen LogP contribution in [0, 0.1) is 17.6 Å². The van der Waals surface area contributed by atoms with Gasteiger partial charge in [-0.25, -0.2) is 17.6 Å². The van der Waals surface area contributed by atoms with Crippen molar-refractivity contribution in [3.05, 3.63) is 35.4 Å². The van der Waals surface area contributed by atoms with Crippen LogP contribution in [-0.4, -0.2) is 12.5 Å². The topological polar surface area (TPSA) is 12.0 Å². The van der Waals surface area contributed by atoms with Gasteiger partial charge in [0, 0.05) is 24.4 Å². The normalized spacial score (nSPS) is 20.9. The molecule has 0 aliphatic heterocycles. The molecule has 20 heavy (non-hydrogen) atoms. The fourth-order valence-electron chi connectivity index (χ4n) is 2.90. The van der Waals surface area contributed by atoms with E-state index in [1.165, 1.54) is 0 Å². The summed E-state index contributed by atoms with van der Waals surface area (Å²) in [5.74, 6) is -3.71. The lowest BCUT2D eigenvalue weighted by Gasteiger charge is -2.34. The molecule has 0 heterocycles. The first kappa shape index (κ1) is 15.3. The minimum atomic E-state index is -2.62. The maximum absolute atomic E-state index is 13.9. The van der Waals surface area contributed by atoms with Gasteiger partial charge in [0.25, 0.3) is 0 Å². The van der Waals surface area contributed by atoms with Crippen LogP contribution in [0.4, 0.5) is 17.6 Å². The molecule has 1 aliphatic carbocycles. The highest BCUT2D eigenvalue weighted by atomic mass is 19.3. The molecule has 1 aromatic rings. The Morgan fingerprint density at radius 3 is 2.50 bits per heavy atom. The van der Waals surface area contributed by atoms with Crippen molar-refractivity contribution < 1.29 is 17.6 Å². The molecule has 1 nitrogen and oxygen atoms in total. The molecule has 1 aromatic carbocycles. The summed E-state index contributed by atoms with van der Waals surface area (Å²) in [6, 6.07) is 2.91. The van der Waals surface area contributed by atoms with E-state index in [0.29, 0.717) is 19.4 Å². The second-order valence-electron chi connectivity index (χ2n) is 5.39. The Labute approximate surface area is 116 Å². The Morgan fingerprint density at radius 1 is 1.25 bits per heavy atom. The summed E-state index contributed by atoms with van der Waals surface area (Å²) in [4.78, 5) is 0. The fraction of sp³-hybridized carbons (Fsp3) is 0.600. The molecule has 1 saturated carbocycles.